The highest BCUT2D eigenvalue weighted by Gasteiger charge is 2.06. The summed E-state index contributed by atoms with van der Waals surface area (Å²) in [4.78, 5) is 33.1. The standard InChI is InChI=1S/C10H19N3O4/c1-3-5-11-8(14)6-12-10(16)13-7-9(15)17-4-2/h3-7H2,1-2H3,(H,11,14)(H2,12,13,16). The van der Waals surface area contributed by atoms with E-state index in [0.717, 1.165) is 6.42 Å². The van der Waals surface area contributed by atoms with Gasteiger partial charge in [-0.2, -0.15) is 0 Å². The molecular formula is C10H19N3O4. The summed E-state index contributed by atoms with van der Waals surface area (Å²) in [7, 11) is 0. The van der Waals surface area contributed by atoms with Crippen molar-refractivity contribution in [3.63, 3.8) is 0 Å². The number of esters is 1. The fourth-order valence-corrected chi connectivity index (χ4v) is 0.914. The monoisotopic (exact) mass is 245 g/mol. The molecule has 0 unspecified atom stereocenters. The predicted molar refractivity (Wildman–Crippen MR) is 61.3 cm³/mol. The first-order valence-electron chi connectivity index (χ1n) is 5.54. The minimum atomic E-state index is -0.579. The molecule has 3 amide bonds. The molecule has 0 atom stereocenters. The van der Waals surface area contributed by atoms with Crippen LogP contribution in [0.3, 0.4) is 0 Å². The van der Waals surface area contributed by atoms with Gasteiger partial charge in [0.15, 0.2) is 0 Å². The van der Waals surface area contributed by atoms with Crippen LogP contribution in [-0.4, -0.2) is 44.1 Å². The van der Waals surface area contributed by atoms with Crippen molar-refractivity contribution in [3.05, 3.63) is 0 Å². The third-order valence-corrected chi connectivity index (χ3v) is 1.68. The lowest BCUT2D eigenvalue weighted by atomic mass is 10.4. The first-order valence-corrected chi connectivity index (χ1v) is 5.54. The zero-order valence-electron chi connectivity index (χ0n) is 10.2. The van der Waals surface area contributed by atoms with Crippen molar-refractivity contribution in [2.75, 3.05) is 26.2 Å². The van der Waals surface area contributed by atoms with E-state index in [4.69, 9.17) is 0 Å². The zero-order valence-corrected chi connectivity index (χ0v) is 10.2. The number of hydrogen-bond acceptors (Lipinski definition) is 4. The molecule has 0 fully saturated rings. The fraction of sp³-hybridized carbons (Fsp3) is 0.700. The van der Waals surface area contributed by atoms with Gasteiger partial charge in [0.05, 0.1) is 13.2 Å². The predicted octanol–water partition coefficient (Wildman–Crippen LogP) is -0.625. The summed E-state index contributed by atoms with van der Waals surface area (Å²) in [5.74, 6) is -0.781. The van der Waals surface area contributed by atoms with Crippen molar-refractivity contribution in [2.24, 2.45) is 0 Å². The second-order valence-corrected chi connectivity index (χ2v) is 3.19. The maximum Gasteiger partial charge on any atom is 0.325 e. The van der Waals surface area contributed by atoms with E-state index in [9.17, 15) is 14.4 Å². The first kappa shape index (κ1) is 15.2. The summed E-state index contributed by atoms with van der Waals surface area (Å²) in [6.07, 6.45) is 0.834. The minimum Gasteiger partial charge on any atom is -0.465 e. The number of rotatable bonds is 7. The number of hydrogen-bond donors (Lipinski definition) is 3. The molecule has 0 aromatic heterocycles. The van der Waals surface area contributed by atoms with Crippen LogP contribution in [0.15, 0.2) is 0 Å². The van der Waals surface area contributed by atoms with E-state index in [2.05, 4.69) is 20.7 Å². The number of carbonyl (C=O) groups is 3. The molecule has 0 heterocycles. The summed E-state index contributed by atoms with van der Waals surface area (Å²) in [6, 6.07) is -0.579. The van der Waals surface area contributed by atoms with Crippen LogP contribution in [0.25, 0.3) is 0 Å². The van der Waals surface area contributed by atoms with Crippen LogP contribution >= 0.6 is 0 Å². The third-order valence-electron chi connectivity index (χ3n) is 1.68. The lowest BCUT2D eigenvalue weighted by Crippen LogP contribution is -2.43. The number of ether oxygens (including phenoxy) is 1. The zero-order chi connectivity index (χ0) is 13.1. The van der Waals surface area contributed by atoms with Gasteiger partial charge in [0, 0.05) is 6.54 Å². The number of urea groups is 1. The molecule has 0 radical (unpaired) electrons. The van der Waals surface area contributed by atoms with E-state index in [1.807, 2.05) is 6.92 Å². The molecule has 0 aliphatic heterocycles. The maximum atomic E-state index is 11.1. The Morgan fingerprint density at radius 1 is 1.00 bits per heavy atom. The Morgan fingerprint density at radius 3 is 2.24 bits per heavy atom. The molecule has 0 bridgehead atoms. The van der Waals surface area contributed by atoms with Gasteiger partial charge < -0.3 is 20.7 Å². The number of amides is 3. The second-order valence-electron chi connectivity index (χ2n) is 3.19. The maximum absolute atomic E-state index is 11.1. The van der Waals surface area contributed by atoms with Crippen molar-refractivity contribution in [1.29, 1.82) is 0 Å². The van der Waals surface area contributed by atoms with Crippen molar-refractivity contribution >= 4 is 17.9 Å². The van der Waals surface area contributed by atoms with Crippen LogP contribution in [0.2, 0.25) is 0 Å². The molecule has 0 spiro atoms. The molecule has 3 N–H and O–H groups in total. The highest BCUT2D eigenvalue weighted by molar-refractivity contribution is 5.85. The second kappa shape index (κ2) is 9.44. The molecule has 0 aromatic rings. The van der Waals surface area contributed by atoms with Crippen LogP contribution < -0.4 is 16.0 Å². The molecule has 7 heteroatoms. The molecule has 0 saturated heterocycles. The van der Waals surface area contributed by atoms with Gasteiger partial charge in [0.25, 0.3) is 0 Å². The molecule has 98 valence electrons. The van der Waals surface area contributed by atoms with E-state index < -0.39 is 12.0 Å². The van der Waals surface area contributed by atoms with Gasteiger partial charge in [-0.1, -0.05) is 6.92 Å². The minimum absolute atomic E-state index is 0.116. The summed E-state index contributed by atoms with van der Waals surface area (Å²) in [6.45, 7) is 4.12. The average Bonchev–Trinajstić information content (AvgIpc) is 2.31. The van der Waals surface area contributed by atoms with Gasteiger partial charge in [-0.15, -0.1) is 0 Å². The quantitative estimate of drug-likeness (QED) is 0.520. The van der Waals surface area contributed by atoms with E-state index >= 15 is 0 Å². The smallest absolute Gasteiger partial charge is 0.325 e. The van der Waals surface area contributed by atoms with Gasteiger partial charge >= 0.3 is 12.0 Å². The topological polar surface area (TPSA) is 96.5 Å². The van der Waals surface area contributed by atoms with Crippen LogP contribution in [0.1, 0.15) is 20.3 Å². The van der Waals surface area contributed by atoms with Crippen LogP contribution in [-0.2, 0) is 14.3 Å². The highest BCUT2D eigenvalue weighted by atomic mass is 16.5. The van der Waals surface area contributed by atoms with Crippen LogP contribution in [0.5, 0.6) is 0 Å². The molecule has 7 nitrogen and oxygen atoms in total. The van der Waals surface area contributed by atoms with Crippen molar-refractivity contribution in [2.45, 2.75) is 20.3 Å². The Morgan fingerprint density at radius 2 is 1.65 bits per heavy atom. The Hall–Kier alpha value is -1.79. The van der Waals surface area contributed by atoms with E-state index in [-0.39, 0.29) is 25.6 Å². The van der Waals surface area contributed by atoms with Crippen molar-refractivity contribution in [3.8, 4) is 0 Å². The summed E-state index contributed by atoms with van der Waals surface area (Å²) in [5, 5.41) is 7.19. The molecule has 0 aromatic carbocycles. The Labute approximate surface area is 100 Å². The van der Waals surface area contributed by atoms with E-state index in [1.165, 1.54) is 0 Å². The summed E-state index contributed by atoms with van der Waals surface area (Å²) >= 11 is 0. The van der Waals surface area contributed by atoms with Crippen molar-refractivity contribution in [1.82, 2.24) is 16.0 Å². The van der Waals surface area contributed by atoms with E-state index in [0.29, 0.717) is 6.54 Å². The van der Waals surface area contributed by atoms with Crippen molar-refractivity contribution < 1.29 is 19.1 Å². The first-order chi connectivity index (χ1) is 8.10. The Kier molecular flexibility index (Phi) is 8.44. The molecule has 0 saturated carbocycles. The largest absolute Gasteiger partial charge is 0.465 e. The lowest BCUT2D eigenvalue weighted by Gasteiger charge is -2.07. The fourth-order valence-electron chi connectivity index (χ4n) is 0.914. The van der Waals surface area contributed by atoms with Crippen LogP contribution in [0, 0.1) is 0 Å². The molecule has 0 aliphatic rings. The normalized spacial score (nSPS) is 9.29. The van der Waals surface area contributed by atoms with Gasteiger partial charge in [0.1, 0.15) is 6.54 Å². The Bertz CT molecular complexity index is 268. The van der Waals surface area contributed by atoms with Gasteiger partial charge in [-0.3, -0.25) is 9.59 Å². The Balaban J connectivity index is 3.59. The molecule has 0 rings (SSSR count). The highest BCUT2D eigenvalue weighted by Crippen LogP contribution is 1.76. The van der Waals surface area contributed by atoms with Crippen LogP contribution in [0.4, 0.5) is 4.79 Å². The SMILES string of the molecule is CCCNC(=O)CNC(=O)NCC(=O)OCC. The van der Waals surface area contributed by atoms with E-state index in [1.54, 1.807) is 6.92 Å². The molecule has 0 aliphatic carbocycles. The number of carbonyl (C=O) groups excluding carboxylic acids is 3. The van der Waals surface area contributed by atoms with Gasteiger partial charge in [0.2, 0.25) is 5.91 Å². The average molecular weight is 245 g/mol. The van der Waals surface area contributed by atoms with Gasteiger partial charge in [-0.05, 0) is 13.3 Å². The summed E-state index contributed by atoms with van der Waals surface area (Å²) < 4.78 is 4.61. The third kappa shape index (κ3) is 9.16. The summed E-state index contributed by atoms with van der Waals surface area (Å²) in [5.41, 5.74) is 0. The lowest BCUT2D eigenvalue weighted by molar-refractivity contribution is -0.141. The number of nitrogens with one attached hydrogen (secondary N) is 3. The van der Waals surface area contributed by atoms with Gasteiger partial charge in [-0.25, -0.2) is 4.79 Å². The molecular weight excluding hydrogens is 226 g/mol. The molecule has 17 heavy (non-hydrogen) atoms.